The molecule has 0 bridgehead atoms. The molecule has 2 fully saturated rings. The van der Waals surface area contributed by atoms with Crippen LogP contribution in [0.2, 0.25) is 0 Å². The number of nitrogens with zero attached hydrogens (tertiary/aromatic N) is 2. The Labute approximate surface area is 202 Å². The van der Waals surface area contributed by atoms with Gasteiger partial charge in [-0.1, -0.05) is 46.8 Å². The van der Waals surface area contributed by atoms with Crippen molar-refractivity contribution in [2.75, 3.05) is 33.3 Å². The molecule has 2 heterocycles. The minimum Gasteiger partial charge on any atom is -0.497 e. The summed E-state index contributed by atoms with van der Waals surface area (Å²) in [5.41, 5.74) is 2.33. The largest absolute Gasteiger partial charge is 0.497 e. The first-order valence-electron chi connectivity index (χ1n) is 11.6. The molecular formula is C25H33N3O5S. The van der Waals surface area contributed by atoms with Crippen molar-refractivity contribution in [1.82, 2.24) is 14.5 Å². The Bertz CT molecular complexity index is 1010. The quantitative estimate of drug-likeness (QED) is 0.452. The van der Waals surface area contributed by atoms with Gasteiger partial charge in [-0.25, -0.2) is 0 Å². The van der Waals surface area contributed by atoms with E-state index >= 15 is 0 Å². The summed E-state index contributed by atoms with van der Waals surface area (Å²) in [6, 6.07) is 15.4. The number of methoxy groups -OCH3 is 1. The molecule has 4 rings (SSSR count). The molecule has 2 saturated heterocycles. The lowest BCUT2D eigenvalue weighted by atomic mass is 10.0. The Hall–Kier alpha value is -2.59. The SMILES string of the molecule is COc1ccc(CCNC(=O)[C@H]2CN(C(C)=O)CCN2S2(c3ccc(C(C)C)cc3)OO2)cc1. The summed E-state index contributed by atoms with van der Waals surface area (Å²) in [6.45, 7) is 7.64. The van der Waals surface area contributed by atoms with Gasteiger partial charge in [0, 0.05) is 33.1 Å². The van der Waals surface area contributed by atoms with Crippen LogP contribution in [0.15, 0.2) is 53.4 Å². The Morgan fingerprint density at radius 2 is 1.76 bits per heavy atom. The maximum absolute atomic E-state index is 13.3. The number of amides is 2. The maximum atomic E-state index is 13.3. The van der Waals surface area contributed by atoms with Gasteiger partial charge < -0.3 is 15.0 Å². The second-order valence-corrected chi connectivity index (χ2v) is 11.0. The molecule has 2 aliphatic heterocycles. The molecule has 2 aromatic carbocycles. The van der Waals surface area contributed by atoms with Gasteiger partial charge in [0.15, 0.2) is 0 Å². The summed E-state index contributed by atoms with van der Waals surface area (Å²) >= 11 is 0. The fourth-order valence-electron chi connectivity index (χ4n) is 4.14. The van der Waals surface area contributed by atoms with Crippen molar-refractivity contribution in [2.24, 2.45) is 0 Å². The first-order chi connectivity index (χ1) is 16.3. The van der Waals surface area contributed by atoms with E-state index in [1.54, 1.807) is 12.0 Å². The van der Waals surface area contributed by atoms with E-state index in [4.69, 9.17) is 13.4 Å². The van der Waals surface area contributed by atoms with E-state index in [9.17, 15) is 9.59 Å². The molecule has 0 saturated carbocycles. The number of benzene rings is 2. The zero-order valence-electron chi connectivity index (χ0n) is 20.2. The highest BCUT2D eigenvalue weighted by atomic mass is 32.3. The first kappa shape index (κ1) is 24.5. The highest BCUT2D eigenvalue weighted by molar-refractivity contribution is 8.27. The van der Waals surface area contributed by atoms with E-state index in [-0.39, 0.29) is 11.8 Å². The van der Waals surface area contributed by atoms with Crippen LogP contribution < -0.4 is 10.1 Å². The summed E-state index contributed by atoms with van der Waals surface area (Å²) in [5, 5.41) is 3.05. The number of nitrogens with one attached hydrogen (secondary N) is 1. The predicted octanol–water partition coefficient (Wildman–Crippen LogP) is 3.58. The lowest BCUT2D eigenvalue weighted by Gasteiger charge is -2.43. The molecule has 8 nitrogen and oxygen atoms in total. The number of carbonyl (C=O) groups excluding carboxylic acids is 2. The molecule has 184 valence electrons. The molecule has 1 atom stereocenters. The summed E-state index contributed by atoms with van der Waals surface area (Å²) in [6.07, 6.45) is 0.695. The predicted molar refractivity (Wildman–Crippen MR) is 131 cm³/mol. The number of hydrogen-bond acceptors (Lipinski definition) is 6. The molecule has 0 unspecified atom stereocenters. The van der Waals surface area contributed by atoms with Gasteiger partial charge in [-0.3, -0.25) is 9.59 Å². The monoisotopic (exact) mass is 487 g/mol. The minimum absolute atomic E-state index is 0.0429. The minimum atomic E-state index is -2.16. The molecule has 0 radical (unpaired) electrons. The second kappa shape index (κ2) is 10.4. The van der Waals surface area contributed by atoms with Gasteiger partial charge in [0.1, 0.15) is 11.8 Å². The summed E-state index contributed by atoms with van der Waals surface area (Å²) in [4.78, 5) is 28.0. The smallest absolute Gasteiger partial charge is 0.240 e. The van der Waals surface area contributed by atoms with Crippen LogP contribution in [0.3, 0.4) is 0 Å². The van der Waals surface area contributed by atoms with Crippen molar-refractivity contribution in [3.05, 3.63) is 59.7 Å². The zero-order chi connectivity index (χ0) is 24.3. The van der Waals surface area contributed by atoms with E-state index < -0.39 is 16.8 Å². The average Bonchev–Trinajstić information content (AvgIpc) is 3.66. The van der Waals surface area contributed by atoms with Crippen LogP contribution in [0.5, 0.6) is 5.75 Å². The third-order valence-electron chi connectivity index (χ3n) is 6.30. The van der Waals surface area contributed by atoms with Crippen LogP contribution in [0, 0.1) is 0 Å². The van der Waals surface area contributed by atoms with Crippen molar-refractivity contribution in [2.45, 2.75) is 44.0 Å². The summed E-state index contributed by atoms with van der Waals surface area (Å²) in [5.74, 6) is 1.04. The molecule has 0 spiro atoms. The fourth-order valence-corrected chi connectivity index (χ4v) is 6.23. The maximum Gasteiger partial charge on any atom is 0.240 e. The number of hydrogen-bond donors (Lipinski definition) is 1. The van der Waals surface area contributed by atoms with E-state index in [0.29, 0.717) is 38.5 Å². The fraction of sp³-hybridized carbons (Fsp3) is 0.440. The van der Waals surface area contributed by atoms with E-state index in [1.807, 2.05) is 40.7 Å². The molecule has 2 aliphatic rings. The van der Waals surface area contributed by atoms with E-state index in [2.05, 4.69) is 31.3 Å². The van der Waals surface area contributed by atoms with Gasteiger partial charge in [-0.2, -0.15) is 4.31 Å². The molecule has 2 amide bonds. The van der Waals surface area contributed by atoms with Gasteiger partial charge in [-0.05, 0) is 58.5 Å². The number of carbonyl (C=O) groups is 2. The topological polar surface area (TPSA) is 86.9 Å². The highest BCUT2D eigenvalue weighted by Crippen LogP contribution is 2.74. The van der Waals surface area contributed by atoms with E-state index in [0.717, 1.165) is 16.2 Å². The third kappa shape index (κ3) is 5.22. The van der Waals surface area contributed by atoms with Crippen LogP contribution in [0.1, 0.15) is 37.8 Å². The lowest BCUT2D eigenvalue weighted by Crippen LogP contribution is -2.59. The highest BCUT2D eigenvalue weighted by Gasteiger charge is 2.53. The van der Waals surface area contributed by atoms with Crippen molar-refractivity contribution in [3.63, 3.8) is 0 Å². The number of piperazine rings is 1. The molecule has 0 aromatic heterocycles. The Balaban J connectivity index is 1.47. The summed E-state index contributed by atoms with van der Waals surface area (Å²) in [7, 11) is -0.527. The van der Waals surface area contributed by atoms with Gasteiger partial charge in [0.05, 0.1) is 12.0 Å². The lowest BCUT2D eigenvalue weighted by molar-refractivity contribution is -0.134. The van der Waals surface area contributed by atoms with Crippen LogP contribution in [0.25, 0.3) is 0 Å². The Morgan fingerprint density at radius 1 is 1.09 bits per heavy atom. The van der Waals surface area contributed by atoms with Crippen molar-refractivity contribution in [1.29, 1.82) is 0 Å². The average molecular weight is 488 g/mol. The van der Waals surface area contributed by atoms with Crippen molar-refractivity contribution in [3.8, 4) is 5.75 Å². The summed E-state index contributed by atoms with van der Waals surface area (Å²) < 4.78 is 18.4. The van der Waals surface area contributed by atoms with Crippen molar-refractivity contribution >= 4 is 22.6 Å². The Kier molecular flexibility index (Phi) is 7.47. The standard InChI is InChI=1S/C25H33N3O5S/c1-18(2)21-7-11-23(12-8-21)34(32-33-34)28-16-15-27(19(3)29)17-24(28)25(30)26-14-13-20-5-9-22(31-4)10-6-20/h5-12,18,24H,13-17H2,1-4H3,(H,26,30)/t24-/m1/s1. The molecular weight excluding hydrogens is 454 g/mol. The number of ether oxygens (including phenoxy) is 1. The molecule has 9 heteroatoms. The molecule has 1 N–H and O–H groups in total. The molecule has 0 aliphatic carbocycles. The second-order valence-electron chi connectivity index (χ2n) is 8.85. The first-order valence-corrected chi connectivity index (χ1v) is 13.0. The zero-order valence-corrected chi connectivity index (χ0v) is 21.0. The van der Waals surface area contributed by atoms with Crippen molar-refractivity contribution < 1.29 is 23.0 Å². The van der Waals surface area contributed by atoms with Gasteiger partial charge >= 0.3 is 0 Å². The number of rotatable bonds is 8. The van der Waals surface area contributed by atoms with Crippen LogP contribution in [-0.2, 0) is 24.7 Å². The van der Waals surface area contributed by atoms with Crippen LogP contribution >= 0.6 is 10.8 Å². The molecule has 34 heavy (non-hydrogen) atoms. The van der Waals surface area contributed by atoms with E-state index in [1.165, 1.54) is 12.5 Å². The third-order valence-corrected chi connectivity index (χ3v) is 8.62. The van der Waals surface area contributed by atoms with Gasteiger partial charge in [0.25, 0.3) is 0 Å². The van der Waals surface area contributed by atoms with Crippen LogP contribution in [0.4, 0.5) is 0 Å². The molecule has 2 aromatic rings. The van der Waals surface area contributed by atoms with Crippen LogP contribution in [-0.4, -0.2) is 60.4 Å². The van der Waals surface area contributed by atoms with Gasteiger partial charge in [-0.15, -0.1) is 0 Å². The normalized spacial score (nSPS) is 20.6. The Morgan fingerprint density at radius 3 is 2.32 bits per heavy atom. The van der Waals surface area contributed by atoms with Gasteiger partial charge in [0.2, 0.25) is 11.8 Å².